The molecular formula is C14H20N2O3S. The van der Waals surface area contributed by atoms with Gasteiger partial charge in [-0.2, -0.15) is 0 Å². The standard InChI is InChI=1S/C14H20N2O3S/c1-2-19-13(17)7-8-15-14(18)16-9-3-5-11(16)12-6-4-10-20-12/h4,6,10-11H,2-3,5,7-9H2,1H3,(H,15,18)/t11-/m1/s1. The molecule has 0 aromatic carbocycles. The quantitative estimate of drug-likeness (QED) is 0.850. The van der Waals surface area contributed by atoms with Crippen LogP contribution in [0.4, 0.5) is 4.79 Å². The van der Waals surface area contributed by atoms with Crippen LogP contribution in [0.5, 0.6) is 0 Å². The summed E-state index contributed by atoms with van der Waals surface area (Å²) in [4.78, 5) is 26.5. The van der Waals surface area contributed by atoms with Gasteiger partial charge >= 0.3 is 12.0 Å². The fourth-order valence-corrected chi connectivity index (χ4v) is 3.27. The zero-order valence-electron chi connectivity index (χ0n) is 11.6. The summed E-state index contributed by atoms with van der Waals surface area (Å²) in [6.07, 6.45) is 2.25. The van der Waals surface area contributed by atoms with Crippen LogP contribution in [-0.4, -0.2) is 36.6 Å². The Labute approximate surface area is 122 Å². The Morgan fingerprint density at radius 2 is 2.40 bits per heavy atom. The highest BCUT2D eigenvalue weighted by molar-refractivity contribution is 7.10. The maximum absolute atomic E-state index is 12.2. The van der Waals surface area contributed by atoms with Crippen LogP contribution in [0.15, 0.2) is 17.5 Å². The Morgan fingerprint density at radius 1 is 1.55 bits per heavy atom. The molecule has 5 nitrogen and oxygen atoms in total. The maximum Gasteiger partial charge on any atom is 0.317 e. The van der Waals surface area contributed by atoms with Crippen molar-refractivity contribution in [3.05, 3.63) is 22.4 Å². The van der Waals surface area contributed by atoms with Crippen molar-refractivity contribution in [1.82, 2.24) is 10.2 Å². The molecule has 1 atom stereocenters. The molecule has 1 fully saturated rings. The van der Waals surface area contributed by atoms with Gasteiger partial charge in [-0.05, 0) is 31.2 Å². The first-order valence-electron chi connectivity index (χ1n) is 6.96. The number of hydrogen-bond donors (Lipinski definition) is 1. The summed E-state index contributed by atoms with van der Waals surface area (Å²) in [5.74, 6) is -0.274. The highest BCUT2D eigenvalue weighted by Crippen LogP contribution is 2.34. The monoisotopic (exact) mass is 296 g/mol. The lowest BCUT2D eigenvalue weighted by Crippen LogP contribution is -2.40. The fourth-order valence-electron chi connectivity index (χ4n) is 2.39. The Balaban J connectivity index is 1.81. The number of urea groups is 1. The van der Waals surface area contributed by atoms with E-state index in [0.29, 0.717) is 13.2 Å². The van der Waals surface area contributed by atoms with Crippen molar-refractivity contribution in [2.75, 3.05) is 19.7 Å². The molecule has 0 spiro atoms. The summed E-state index contributed by atoms with van der Waals surface area (Å²) in [6.45, 7) is 3.24. The van der Waals surface area contributed by atoms with E-state index in [2.05, 4.69) is 11.4 Å². The van der Waals surface area contributed by atoms with Crippen molar-refractivity contribution in [3.8, 4) is 0 Å². The minimum absolute atomic E-state index is 0.0924. The Hall–Kier alpha value is -1.56. The summed E-state index contributed by atoms with van der Waals surface area (Å²) < 4.78 is 4.83. The second-order valence-corrected chi connectivity index (χ2v) is 5.63. The smallest absolute Gasteiger partial charge is 0.317 e. The summed E-state index contributed by atoms with van der Waals surface area (Å²) in [6, 6.07) is 4.16. The van der Waals surface area contributed by atoms with Crippen molar-refractivity contribution in [3.63, 3.8) is 0 Å². The zero-order valence-corrected chi connectivity index (χ0v) is 12.4. The van der Waals surface area contributed by atoms with E-state index in [1.807, 2.05) is 16.3 Å². The molecule has 6 heteroatoms. The van der Waals surface area contributed by atoms with Gasteiger partial charge < -0.3 is 15.0 Å². The van der Waals surface area contributed by atoms with Crippen LogP contribution in [-0.2, 0) is 9.53 Å². The van der Waals surface area contributed by atoms with E-state index in [4.69, 9.17) is 4.74 Å². The van der Waals surface area contributed by atoms with Crippen LogP contribution in [0.2, 0.25) is 0 Å². The third-order valence-electron chi connectivity index (χ3n) is 3.30. The van der Waals surface area contributed by atoms with Gasteiger partial charge in [0, 0.05) is 18.0 Å². The average molecular weight is 296 g/mol. The fraction of sp³-hybridized carbons (Fsp3) is 0.571. The average Bonchev–Trinajstić information content (AvgIpc) is 3.09. The first-order valence-corrected chi connectivity index (χ1v) is 7.84. The molecule has 2 amide bonds. The minimum atomic E-state index is -0.274. The molecule has 2 heterocycles. The van der Waals surface area contributed by atoms with E-state index in [9.17, 15) is 9.59 Å². The largest absolute Gasteiger partial charge is 0.466 e. The predicted octanol–water partition coefficient (Wildman–Crippen LogP) is 2.55. The lowest BCUT2D eigenvalue weighted by Gasteiger charge is -2.24. The molecular weight excluding hydrogens is 276 g/mol. The number of likely N-dealkylation sites (tertiary alicyclic amines) is 1. The summed E-state index contributed by atoms with van der Waals surface area (Å²) in [5.41, 5.74) is 0. The minimum Gasteiger partial charge on any atom is -0.466 e. The van der Waals surface area contributed by atoms with Crippen molar-refractivity contribution in [2.45, 2.75) is 32.2 Å². The normalized spacial score (nSPS) is 18.1. The highest BCUT2D eigenvalue weighted by atomic mass is 32.1. The zero-order chi connectivity index (χ0) is 14.4. The van der Waals surface area contributed by atoms with Gasteiger partial charge in [-0.3, -0.25) is 4.79 Å². The number of amides is 2. The van der Waals surface area contributed by atoms with Gasteiger partial charge in [0.2, 0.25) is 0 Å². The van der Waals surface area contributed by atoms with Gasteiger partial charge in [-0.15, -0.1) is 11.3 Å². The van der Waals surface area contributed by atoms with Crippen molar-refractivity contribution >= 4 is 23.3 Å². The molecule has 110 valence electrons. The molecule has 1 aromatic heterocycles. The van der Waals surface area contributed by atoms with Crippen molar-refractivity contribution in [2.24, 2.45) is 0 Å². The number of ether oxygens (including phenoxy) is 1. The van der Waals surface area contributed by atoms with Crippen LogP contribution < -0.4 is 5.32 Å². The van der Waals surface area contributed by atoms with Gasteiger partial charge in [0.1, 0.15) is 0 Å². The molecule has 1 aliphatic heterocycles. The predicted molar refractivity (Wildman–Crippen MR) is 77.6 cm³/mol. The molecule has 1 saturated heterocycles. The molecule has 0 saturated carbocycles. The van der Waals surface area contributed by atoms with Crippen molar-refractivity contribution < 1.29 is 14.3 Å². The van der Waals surface area contributed by atoms with Gasteiger partial charge in [0.25, 0.3) is 0 Å². The Morgan fingerprint density at radius 3 is 3.10 bits per heavy atom. The summed E-state index contributed by atoms with van der Waals surface area (Å²) >= 11 is 1.68. The van der Waals surface area contributed by atoms with Crippen LogP contribution in [0.3, 0.4) is 0 Å². The molecule has 2 rings (SSSR count). The van der Waals surface area contributed by atoms with Crippen LogP contribution in [0, 0.1) is 0 Å². The number of carbonyl (C=O) groups excluding carboxylic acids is 2. The molecule has 1 aliphatic rings. The lowest BCUT2D eigenvalue weighted by atomic mass is 10.2. The Bertz CT molecular complexity index is 447. The number of rotatable bonds is 5. The van der Waals surface area contributed by atoms with E-state index < -0.39 is 0 Å². The number of esters is 1. The van der Waals surface area contributed by atoms with E-state index >= 15 is 0 Å². The number of nitrogens with zero attached hydrogens (tertiary/aromatic N) is 1. The molecule has 0 unspecified atom stereocenters. The topological polar surface area (TPSA) is 58.6 Å². The number of nitrogens with one attached hydrogen (secondary N) is 1. The first-order chi connectivity index (χ1) is 9.72. The first kappa shape index (κ1) is 14.8. The SMILES string of the molecule is CCOC(=O)CCNC(=O)N1CCC[C@@H]1c1cccs1. The van der Waals surface area contributed by atoms with Crippen LogP contribution >= 0.6 is 11.3 Å². The molecule has 0 radical (unpaired) electrons. The van der Waals surface area contributed by atoms with Gasteiger partial charge in [0.05, 0.1) is 19.1 Å². The summed E-state index contributed by atoms with van der Waals surface area (Å²) in [7, 11) is 0. The van der Waals surface area contributed by atoms with E-state index in [1.54, 1.807) is 18.3 Å². The molecule has 0 aliphatic carbocycles. The summed E-state index contributed by atoms with van der Waals surface area (Å²) in [5, 5.41) is 4.83. The highest BCUT2D eigenvalue weighted by Gasteiger charge is 2.30. The number of thiophene rings is 1. The third-order valence-corrected chi connectivity index (χ3v) is 4.27. The third kappa shape index (κ3) is 3.72. The van der Waals surface area contributed by atoms with Crippen LogP contribution in [0.25, 0.3) is 0 Å². The van der Waals surface area contributed by atoms with E-state index in [-0.39, 0.29) is 24.5 Å². The molecule has 0 bridgehead atoms. The molecule has 20 heavy (non-hydrogen) atoms. The Kier molecular flexibility index (Phi) is 5.40. The second-order valence-electron chi connectivity index (χ2n) is 4.65. The number of carbonyl (C=O) groups is 2. The van der Waals surface area contributed by atoms with Gasteiger partial charge in [0.15, 0.2) is 0 Å². The maximum atomic E-state index is 12.2. The van der Waals surface area contributed by atoms with Crippen LogP contribution in [0.1, 0.15) is 37.1 Å². The van der Waals surface area contributed by atoms with E-state index in [1.165, 1.54) is 4.88 Å². The van der Waals surface area contributed by atoms with E-state index in [0.717, 1.165) is 19.4 Å². The molecule has 1 aromatic rings. The number of hydrogen-bond acceptors (Lipinski definition) is 4. The lowest BCUT2D eigenvalue weighted by molar-refractivity contribution is -0.142. The second kappa shape index (κ2) is 7.28. The van der Waals surface area contributed by atoms with Gasteiger partial charge in [-0.1, -0.05) is 6.07 Å². The molecule has 1 N–H and O–H groups in total. The van der Waals surface area contributed by atoms with Crippen molar-refractivity contribution in [1.29, 1.82) is 0 Å². The van der Waals surface area contributed by atoms with Gasteiger partial charge in [-0.25, -0.2) is 4.79 Å².